The number of carbonyl (C=O) groups excluding carboxylic acids is 2. The minimum Gasteiger partial charge on any atom is -0.478 e. The average molecular weight is 350 g/mol. The van der Waals surface area contributed by atoms with Crippen LogP contribution in [0, 0.1) is 0 Å². The number of hydrogen-bond donors (Lipinski definition) is 2. The maximum absolute atomic E-state index is 12.8. The third-order valence-electron chi connectivity index (χ3n) is 4.11. The Bertz CT molecular complexity index is 875. The molecule has 0 unspecified atom stereocenters. The van der Waals surface area contributed by atoms with Crippen LogP contribution >= 0.6 is 0 Å². The Kier molecular flexibility index (Phi) is 5.12. The number of rotatable bonds is 4. The molecule has 6 heteroatoms. The Morgan fingerprint density at radius 2 is 1.81 bits per heavy atom. The molecule has 0 spiro atoms. The molecular weight excluding hydrogens is 332 g/mol. The number of benzene rings is 2. The van der Waals surface area contributed by atoms with Gasteiger partial charge >= 0.3 is 5.97 Å². The summed E-state index contributed by atoms with van der Waals surface area (Å²) in [5.74, 6) is -1.74. The lowest BCUT2D eigenvalue weighted by Crippen LogP contribution is -2.35. The molecule has 2 aromatic carbocycles. The summed E-state index contributed by atoms with van der Waals surface area (Å²) >= 11 is 0. The van der Waals surface area contributed by atoms with Crippen molar-refractivity contribution in [1.82, 2.24) is 0 Å². The first-order valence-corrected chi connectivity index (χ1v) is 8.26. The van der Waals surface area contributed by atoms with Crippen LogP contribution in [0.3, 0.4) is 0 Å². The number of aliphatic carboxylic acids is 1. The van der Waals surface area contributed by atoms with Crippen LogP contribution in [-0.4, -0.2) is 29.4 Å². The quantitative estimate of drug-likeness (QED) is 0.830. The number of hydrogen-bond acceptors (Lipinski definition) is 3. The van der Waals surface area contributed by atoms with Crippen molar-refractivity contribution < 1.29 is 19.5 Å². The highest BCUT2D eigenvalue weighted by atomic mass is 16.4. The molecule has 0 atom stereocenters. The monoisotopic (exact) mass is 350 g/mol. The minimum atomic E-state index is -1.18. The van der Waals surface area contributed by atoms with Gasteiger partial charge in [0.1, 0.15) is 0 Å². The standard InChI is InChI=1S/C20H18N2O4/c23-18(10-11-19(24)25)21-16-8-9-17-15(13-16)7-4-12-22(17)20(26)14-5-2-1-3-6-14/h1-3,5-6,8-11,13H,4,7,12H2,(H,21,23)(H,24,25)/b11-10+. The Morgan fingerprint density at radius 1 is 1.04 bits per heavy atom. The second kappa shape index (κ2) is 7.65. The normalized spacial score (nSPS) is 13.3. The van der Waals surface area contributed by atoms with Crippen molar-refractivity contribution in [2.24, 2.45) is 0 Å². The number of fused-ring (bicyclic) bond motifs is 1. The van der Waals surface area contributed by atoms with Crippen LogP contribution in [0.4, 0.5) is 11.4 Å². The summed E-state index contributed by atoms with van der Waals surface area (Å²) in [4.78, 5) is 36.7. The topological polar surface area (TPSA) is 86.7 Å². The molecule has 0 radical (unpaired) electrons. The number of carbonyl (C=O) groups is 3. The van der Waals surface area contributed by atoms with Gasteiger partial charge in [0.15, 0.2) is 0 Å². The first-order valence-electron chi connectivity index (χ1n) is 8.26. The summed E-state index contributed by atoms with van der Waals surface area (Å²) < 4.78 is 0. The fourth-order valence-corrected chi connectivity index (χ4v) is 2.95. The molecule has 2 amide bonds. The third kappa shape index (κ3) is 3.97. The number of carboxylic acids is 1. The van der Waals surface area contributed by atoms with Gasteiger partial charge in [0, 0.05) is 35.6 Å². The van der Waals surface area contributed by atoms with Gasteiger partial charge in [0.05, 0.1) is 0 Å². The van der Waals surface area contributed by atoms with Crippen molar-refractivity contribution in [1.29, 1.82) is 0 Å². The molecule has 1 aliphatic rings. The lowest BCUT2D eigenvalue weighted by atomic mass is 10.00. The number of nitrogens with zero attached hydrogens (tertiary/aromatic N) is 1. The SMILES string of the molecule is O=C(O)/C=C/C(=O)Nc1ccc2c(c1)CCCN2C(=O)c1ccccc1. The number of nitrogens with one attached hydrogen (secondary N) is 1. The van der Waals surface area contributed by atoms with Crippen LogP contribution < -0.4 is 10.2 Å². The molecule has 3 rings (SSSR count). The maximum atomic E-state index is 12.8. The molecule has 1 aliphatic heterocycles. The average Bonchev–Trinajstić information content (AvgIpc) is 2.66. The van der Waals surface area contributed by atoms with Gasteiger partial charge in [-0.15, -0.1) is 0 Å². The fourth-order valence-electron chi connectivity index (χ4n) is 2.95. The lowest BCUT2D eigenvalue weighted by molar-refractivity contribution is -0.131. The largest absolute Gasteiger partial charge is 0.478 e. The molecule has 2 aromatic rings. The zero-order valence-electron chi connectivity index (χ0n) is 14.0. The minimum absolute atomic E-state index is 0.0484. The second-order valence-electron chi connectivity index (χ2n) is 5.93. The molecule has 0 fully saturated rings. The van der Waals surface area contributed by atoms with Crippen molar-refractivity contribution in [3.63, 3.8) is 0 Å². The zero-order valence-corrected chi connectivity index (χ0v) is 14.0. The van der Waals surface area contributed by atoms with Crippen LogP contribution in [-0.2, 0) is 16.0 Å². The first-order chi connectivity index (χ1) is 12.5. The predicted octanol–water partition coefficient (Wildman–Crippen LogP) is 2.86. The van der Waals surface area contributed by atoms with Gasteiger partial charge in [0.25, 0.3) is 5.91 Å². The van der Waals surface area contributed by atoms with Gasteiger partial charge in [-0.25, -0.2) is 4.79 Å². The molecule has 0 aromatic heterocycles. The molecule has 6 nitrogen and oxygen atoms in total. The number of aryl methyl sites for hydroxylation is 1. The van der Waals surface area contributed by atoms with E-state index in [-0.39, 0.29) is 5.91 Å². The van der Waals surface area contributed by atoms with Crippen LogP contribution in [0.15, 0.2) is 60.7 Å². The fraction of sp³-hybridized carbons (Fsp3) is 0.150. The van der Waals surface area contributed by atoms with Gasteiger partial charge in [-0.05, 0) is 48.7 Å². The highest BCUT2D eigenvalue weighted by molar-refractivity contribution is 6.07. The van der Waals surface area contributed by atoms with E-state index in [1.165, 1.54) is 0 Å². The van der Waals surface area contributed by atoms with E-state index in [4.69, 9.17) is 5.11 Å². The third-order valence-corrected chi connectivity index (χ3v) is 4.11. The highest BCUT2D eigenvalue weighted by Gasteiger charge is 2.23. The molecule has 2 N–H and O–H groups in total. The molecular formula is C20H18N2O4. The van der Waals surface area contributed by atoms with E-state index in [1.54, 1.807) is 23.1 Å². The Balaban J connectivity index is 1.80. The Hall–Kier alpha value is -3.41. The Labute approximate surface area is 150 Å². The number of amides is 2. The van der Waals surface area contributed by atoms with Crippen molar-refractivity contribution in [2.75, 3.05) is 16.8 Å². The Morgan fingerprint density at radius 3 is 2.54 bits per heavy atom. The molecule has 0 aliphatic carbocycles. The van der Waals surface area contributed by atoms with Crippen LogP contribution in [0.25, 0.3) is 0 Å². The smallest absolute Gasteiger partial charge is 0.328 e. The van der Waals surface area contributed by atoms with Crippen LogP contribution in [0.5, 0.6) is 0 Å². The second-order valence-corrected chi connectivity index (χ2v) is 5.93. The van der Waals surface area contributed by atoms with Gasteiger partial charge in [-0.2, -0.15) is 0 Å². The highest BCUT2D eigenvalue weighted by Crippen LogP contribution is 2.30. The molecule has 132 valence electrons. The van der Waals surface area contributed by atoms with Crippen molar-refractivity contribution in [2.45, 2.75) is 12.8 Å². The van der Waals surface area contributed by atoms with Gasteiger partial charge in [0.2, 0.25) is 5.91 Å². The number of carboxylic acid groups (broad SMARTS) is 1. The summed E-state index contributed by atoms with van der Waals surface area (Å²) in [7, 11) is 0. The van der Waals surface area contributed by atoms with Gasteiger partial charge in [-0.1, -0.05) is 18.2 Å². The summed E-state index contributed by atoms with van der Waals surface area (Å²) in [6.07, 6.45) is 3.39. The summed E-state index contributed by atoms with van der Waals surface area (Å²) in [6, 6.07) is 14.5. The summed E-state index contributed by atoms with van der Waals surface area (Å²) in [5, 5.41) is 11.2. The van der Waals surface area contributed by atoms with Crippen molar-refractivity contribution in [3.05, 3.63) is 71.8 Å². The first kappa shape index (κ1) is 17.4. The van der Waals surface area contributed by atoms with Crippen molar-refractivity contribution in [3.8, 4) is 0 Å². The van der Waals surface area contributed by atoms with E-state index < -0.39 is 11.9 Å². The molecule has 0 saturated heterocycles. The van der Waals surface area contributed by atoms with Gasteiger partial charge in [-0.3, -0.25) is 9.59 Å². The molecule has 26 heavy (non-hydrogen) atoms. The molecule has 1 heterocycles. The maximum Gasteiger partial charge on any atom is 0.328 e. The molecule has 0 bridgehead atoms. The van der Waals surface area contributed by atoms with E-state index >= 15 is 0 Å². The van der Waals surface area contributed by atoms with E-state index in [0.717, 1.165) is 36.2 Å². The van der Waals surface area contributed by atoms with E-state index in [9.17, 15) is 14.4 Å². The van der Waals surface area contributed by atoms with E-state index in [2.05, 4.69) is 5.32 Å². The van der Waals surface area contributed by atoms with E-state index in [0.29, 0.717) is 17.8 Å². The number of anilines is 2. The van der Waals surface area contributed by atoms with Crippen molar-refractivity contribution >= 4 is 29.2 Å². The molecule has 0 saturated carbocycles. The van der Waals surface area contributed by atoms with Crippen LogP contribution in [0.2, 0.25) is 0 Å². The van der Waals surface area contributed by atoms with Gasteiger partial charge < -0.3 is 15.3 Å². The summed E-state index contributed by atoms with van der Waals surface area (Å²) in [6.45, 7) is 0.647. The predicted molar refractivity (Wildman–Crippen MR) is 98.3 cm³/mol. The van der Waals surface area contributed by atoms with Crippen LogP contribution in [0.1, 0.15) is 22.3 Å². The summed E-state index contributed by atoms with van der Waals surface area (Å²) in [5.41, 5.74) is 3.01. The van der Waals surface area contributed by atoms with E-state index in [1.807, 2.05) is 30.3 Å². The lowest BCUT2D eigenvalue weighted by Gasteiger charge is -2.30. The zero-order chi connectivity index (χ0) is 18.5.